The highest BCUT2D eigenvalue weighted by molar-refractivity contribution is 7.85. The van der Waals surface area contributed by atoms with Crippen molar-refractivity contribution in [3.8, 4) is 0 Å². The Morgan fingerprint density at radius 2 is 1.69 bits per heavy atom. The van der Waals surface area contributed by atoms with Crippen molar-refractivity contribution in [3.63, 3.8) is 0 Å². The van der Waals surface area contributed by atoms with E-state index in [0.717, 1.165) is 6.07 Å². The van der Waals surface area contributed by atoms with Gasteiger partial charge in [-0.3, -0.25) is 4.55 Å². The number of nitrogen functional groups attached to an aromatic ring is 1. The lowest BCUT2D eigenvalue weighted by Crippen LogP contribution is -2.07. The van der Waals surface area contributed by atoms with Gasteiger partial charge in [-0.2, -0.15) is 30.0 Å². The van der Waals surface area contributed by atoms with Gasteiger partial charge in [-0.15, -0.1) is 4.36 Å². The van der Waals surface area contributed by atoms with Gasteiger partial charge in [-0.25, -0.2) is 0 Å². The highest BCUT2D eigenvalue weighted by Crippen LogP contribution is 2.32. The van der Waals surface area contributed by atoms with Crippen LogP contribution in [0.25, 0.3) is 0 Å². The van der Waals surface area contributed by atoms with Gasteiger partial charge in [0.1, 0.15) is 5.75 Å². The number of alkyl halides is 3. The molecule has 0 fully saturated rings. The van der Waals surface area contributed by atoms with Crippen molar-refractivity contribution in [2.75, 3.05) is 5.73 Å². The summed E-state index contributed by atoms with van der Waals surface area (Å²) >= 11 is 0. The zero-order valence-corrected chi connectivity index (χ0v) is 14.5. The van der Waals surface area contributed by atoms with Gasteiger partial charge >= 0.3 is 16.7 Å². The van der Waals surface area contributed by atoms with Gasteiger partial charge in [0, 0.05) is 5.69 Å². The Balaban J connectivity index is 0.000000273. The second kappa shape index (κ2) is 8.78. The third-order valence-electron chi connectivity index (χ3n) is 2.71. The van der Waals surface area contributed by atoms with Gasteiger partial charge in [0.15, 0.2) is 0 Å². The fraction of sp³-hybridized carbons (Fsp3) is 0.143. The van der Waals surface area contributed by atoms with E-state index in [1.54, 1.807) is 0 Å². The number of para-hydroxylation sites is 1. The number of halogens is 3. The maximum Gasteiger partial charge on any atom is 0.418 e. The van der Waals surface area contributed by atoms with Crippen LogP contribution in [0.2, 0.25) is 0 Å². The molecule has 2 aromatic carbocycles. The van der Waals surface area contributed by atoms with Crippen LogP contribution >= 0.6 is 0 Å². The molecule has 0 atom stereocenters. The molecule has 0 aromatic heterocycles. The summed E-state index contributed by atoms with van der Waals surface area (Å²) in [5.74, 6) is -0.568. The minimum Gasteiger partial charge on any atom is -0.398 e. The van der Waals surface area contributed by atoms with Crippen molar-refractivity contribution < 1.29 is 34.6 Å². The van der Waals surface area contributed by atoms with Crippen LogP contribution in [-0.2, 0) is 32.5 Å². The Hall–Kier alpha value is -2.44. The van der Waals surface area contributed by atoms with Gasteiger partial charge in [0.25, 0.3) is 10.1 Å². The zero-order valence-electron chi connectivity index (χ0n) is 12.9. The van der Waals surface area contributed by atoms with E-state index in [1.807, 2.05) is 0 Å². The van der Waals surface area contributed by atoms with Gasteiger partial charge in [-0.05, 0) is 29.8 Å². The van der Waals surface area contributed by atoms with Gasteiger partial charge in [0.2, 0.25) is 0 Å². The van der Waals surface area contributed by atoms with E-state index < -0.39 is 38.1 Å². The van der Waals surface area contributed by atoms with E-state index in [1.165, 1.54) is 42.5 Å². The average Bonchev–Trinajstić information content (AvgIpc) is 2.45. The van der Waals surface area contributed by atoms with Crippen LogP contribution in [0.3, 0.4) is 0 Å². The number of nitrogens with zero attached hydrogens (tertiary/aromatic N) is 1. The standard InChI is InChI=1S/C7H6F3N.C7H7NO5S2/c8-7(9,10)5-3-1-2-4-6(5)11;9-14(10)8-7-3-1-2-6(4-7)5-15(11,12)13/h1-4H,11H2;1-4H,5H2,(H,11,12,13). The van der Waals surface area contributed by atoms with Crippen LogP contribution < -0.4 is 5.73 Å². The molecule has 7 nitrogen and oxygen atoms in total. The van der Waals surface area contributed by atoms with Crippen LogP contribution in [0.4, 0.5) is 24.5 Å². The number of hydrogen-bond acceptors (Lipinski definition) is 6. The first-order valence-electron chi connectivity index (χ1n) is 6.65. The van der Waals surface area contributed by atoms with E-state index in [-0.39, 0.29) is 16.9 Å². The van der Waals surface area contributed by atoms with E-state index in [9.17, 15) is 30.0 Å². The molecule has 0 aliphatic carbocycles. The average molecular weight is 410 g/mol. The van der Waals surface area contributed by atoms with Gasteiger partial charge in [0.05, 0.1) is 11.3 Å². The molecular formula is C14H13F3N2O5S2. The molecule has 142 valence electrons. The minimum absolute atomic E-state index is 0.115. The van der Waals surface area contributed by atoms with Crippen molar-refractivity contribution in [1.29, 1.82) is 0 Å². The zero-order chi connectivity index (χ0) is 20.0. The Labute approximate surface area is 148 Å². The quantitative estimate of drug-likeness (QED) is 0.591. The van der Waals surface area contributed by atoms with E-state index in [2.05, 4.69) is 4.36 Å². The Morgan fingerprint density at radius 1 is 1.08 bits per heavy atom. The number of benzene rings is 2. The Kier molecular flexibility index (Phi) is 7.29. The number of nitrogens with two attached hydrogens (primary N) is 1. The molecule has 0 saturated heterocycles. The molecule has 0 radical (unpaired) electrons. The smallest absolute Gasteiger partial charge is 0.398 e. The molecule has 0 amide bonds. The van der Waals surface area contributed by atoms with Crippen molar-refractivity contribution in [2.24, 2.45) is 4.36 Å². The van der Waals surface area contributed by atoms with E-state index in [4.69, 9.17) is 10.3 Å². The molecule has 2 rings (SSSR count). The second-order valence-corrected chi connectivity index (χ2v) is 6.86. The van der Waals surface area contributed by atoms with Gasteiger partial charge in [-0.1, -0.05) is 24.3 Å². The summed E-state index contributed by atoms with van der Waals surface area (Å²) in [7, 11) is -6.70. The maximum atomic E-state index is 12.0. The molecule has 12 heteroatoms. The summed E-state index contributed by atoms with van der Waals surface area (Å²) in [5.41, 5.74) is 4.46. The maximum absolute atomic E-state index is 12.0. The third-order valence-corrected chi connectivity index (χ3v) is 3.76. The summed E-state index contributed by atoms with van der Waals surface area (Å²) in [4.78, 5) is 0. The summed E-state index contributed by atoms with van der Waals surface area (Å²) in [6.07, 6.45) is -4.34. The van der Waals surface area contributed by atoms with Crippen molar-refractivity contribution >= 4 is 32.0 Å². The first-order chi connectivity index (χ1) is 11.9. The molecule has 26 heavy (non-hydrogen) atoms. The Bertz CT molecular complexity index is 995. The summed E-state index contributed by atoms with van der Waals surface area (Å²) < 4.78 is 89.2. The predicted octanol–water partition coefficient (Wildman–Crippen LogP) is 3.06. The number of rotatable bonds is 3. The summed E-state index contributed by atoms with van der Waals surface area (Å²) in [6, 6.07) is 10.5. The van der Waals surface area contributed by atoms with Crippen LogP contribution in [0.1, 0.15) is 11.1 Å². The molecule has 0 spiro atoms. The van der Waals surface area contributed by atoms with Crippen LogP contribution in [0.5, 0.6) is 0 Å². The normalized spacial score (nSPS) is 11.2. The molecule has 0 aliphatic heterocycles. The monoisotopic (exact) mass is 410 g/mol. The molecule has 0 unspecified atom stereocenters. The Morgan fingerprint density at radius 3 is 2.15 bits per heavy atom. The summed E-state index contributed by atoms with van der Waals surface area (Å²) in [6.45, 7) is 0. The van der Waals surface area contributed by atoms with Crippen molar-refractivity contribution in [1.82, 2.24) is 0 Å². The fourth-order valence-electron chi connectivity index (χ4n) is 1.75. The first-order valence-corrected chi connectivity index (χ1v) is 9.29. The molecule has 3 N–H and O–H groups in total. The highest BCUT2D eigenvalue weighted by atomic mass is 32.2. The fourth-order valence-corrected chi connectivity index (χ4v) is 2.64. The molecule has 2 aromatic rings. The topological polar surface area (TPSA) is 127 Å². The lowest BCUT2D eigenvalue weighted by molar-refractivity contribution is -0.136. The van der Waals surface area contributed by atoms with Crippen molar-refractivity contribution in [2.45, 2.75) is 11.9 Å². The highest BCUT2D eigenvalue weighted by Gasteiger charge is 2.32. The lowest BCUT2D eigenvalue weighted by atomic mass is 10.2. The molecule has 0 bridgehead atoms. The second-order valence-electron chi connectivity index (χ2n) is 4.79. The third kappa shape index (κ3) is 8.09. The predicted molar refractivity (Wildman–Crippen MR) is 88.6 cm³/mol. The SMILES string of the molecule is Nc1ccccc1C(F)(F)F.O=S(=O)=Nc1cccc(CS(=O)(=O)O)c1. The number of hydrogen-bond donors (Lipinski definition) is 2. The summed E-state index contributed by atoms with van der Waals surface area (Å²) in [5, 5.41) is 0. The van der Waals surface area contributed by atoms with E-state index in [0.29, 0.717) is 0 Å². The molecular weight excluding hydrogens is 397 g/mol. The lowest BCUT2D eigenvalue weighted by Gasteiger charge is -2.07. The van der Waals surface area contributed by atoms with Crippen molar-refractivity contribution in [3.05, 3.63) is 59.7 Å². The van der Waals surface area contributed by atoms with Gasteiger partial charge < -0.3 is 5.73 Å². The minimum atomic E-state index is -4.34. The molecule has 0 saturated carbocycles. The molecule has 0 heterocycles. The van der Waals surface area contributed by atoms with Crippen LogP contribution in [0, 0.1) is 0 Å². The molecule has 0 aliphatic rings. The van der Waals surface area contributed by atoms with Crippen LogP contribution in [-0.4, -0.2) is 21.4 Å². The largest absolute Gasteiger partial charge is 0.418 e. The van der Waals surface area contributed by atoms with E-state index >= 15 is 0 Å². The van der Waals surface area contributed by atoms with Crippen LogP contribution in [0.15, 0.2) is 52.9 Å². The number of anilines is 1. The first kappa shape index (κ1) is 21.6.